The summed E-state index contributed by atoms with van der Waals surface area (Å²) in [5, 5.41) is 0. The highest BCUT2D eigenvalue weighted by Gasteiger charge is 2.24. The molecule has 0 spiro atoms. The molecule has 0 saturated carbocycles. The summed E-state index contributed by atoms with van der Waals surface area (Å²) < 4.78 is 8.09. The fraction of sp³-hybridized carbons (Fsp3) is 0.714. The molecular formula is C14H24N2O. The lowest BCUT2D eigenvalue weighted by Gasteiger charge is -2.28. The summed E-state index contributed by atoms with van der Waals surface area (Å²) in [6.07, 6.45) is 5.63. The second-order valence-electron chi connectivity index (χ2n) is 5.54. The molecule has 2 N–H and O–H groups in total. The Labute approximate surface area is 104 Å². The molecule has 0 radical (unpaired) electrons. The van der Waals surface area contributed by atoms with Crippen molar-refractivity contribution in [3.63, 3.8) is 0 Å². The van der Waals surface area contributed by atoms with Crippen LogP contribution in [0.25, 0.3) is 0 Å². The molecule has 0 saturated heterocycles. The first-order chi connectivity index (χ1) is 8.03. The molecule has 0 aromatic carbocycles. The van der Waals surface area contributed by atoms with Crippen LogP contribution >= 0.6 is 0 Å². The maximum atomic E-state index is 6.14. The first-order valence-electron chi connectivity index (χ1n) is 6.61. The van der Waals surface area contributed by atoms with E-state index in [0.717, 1.165) is 26.0 Å². The van der Waals surface area contributed by atoms with E-state index in [0.29, 0.717) is 0 Å². The quantitative estimate of drug-likeness (QED) is 0.873. The summed E-state index contributed by atoms with van der Waals surface area (Å²) in [4.78, 5) is 0. The fourth-order valence-corrected chi connectivity index (χ4v) is 2.79. The third-order valence-electron chi connectivity index (χ3n) is 3.53. The molecule has 1 unspecified atom stereocenters. The number of hydrogen-bond acceptors (Lipinski definition) is 2. The maximum Gasteiger partial charge on any atom is 0.0804 e. The van der Waals surface area contributed by atoms with E-state index in [1.807, 2.05) is 6.92 Å². The number of ether oxygens (including phenoxy) is 1. The summed E-state index contributed by atoms with van der Waals surface area (Å²) in [5.74, 6) is 0. The monoisotopic (exact) mass is 236 g/mol. The molecule has 1 aliphatic rings. The van der Waals surface area contributed by atoms with Gasteiger partial charge in [0.15, 0.2) is 0 Å². The molecule has 0 bridgehead atoms. The minimum Gasteiger partial charge on any atom is -0.374 e. The average Bonchev–Trinajstić information content (AvgIpc) is 2.62. The molecule has 2 rings (SSSR count). The van der Waals surface area contributed by atoms with Crippen molar-refractivity contribution in [3.8, 4) is 0 Å². The van der Waals surface area contributed by atoms with Gasteiger partial charge in [0, 0.05) is 24.5 Å². The maximum absolute atomic E-state index is 6.14. The Morgan fingerprint density at radius 3 is 3.00 bits per heavy atom. The van der Waals surface area contributed by atoms with Crippen LogP contribution in [0.1, 0.15) is 50.9 Å². The number of rotatable bonds is 4. The SMILES string of the molecule is CCOC(C)(C)Cn1ccc2c1CCCC2N. The molecule has 0 aliphatic heterocycles. The molecule has 1 heterocycles. The topological polar surface area (TPSA) is 40.2 Å². The third-order valence-corrected chi connectivity index (χ3v) is 3.53. The summed E-state index contributed by atoms with van der Waals surface area (Å²) in [6, 6.07) is 2.41. The zero-order chi connectivity index (χ0) is 12.5. The number of aromatic nitrogens is 1. The van der Waals surface area contributed by atoms with Crippen molar-refractivity contribution >= 4 is 0 Å². The Morgan fingerprint density at radius 2 is 2.29 bits per heavy atom. The second kappa shape index (κ2) is 4.83. The zero-order valence-corrected chi connectivity index (χ0v) is 11.2. The Morgan fingerprint density at radius 1 is 1.53 bits per heavy atom. The van der Waals surface area contributed by atoms with Gasteiger partial charge in [-0.25, -0.2) is 0 Å². The van der Waals surface area contributed by atoms with E-state index in [1.54, 1.807) is 0 Å². The van der Waals surface area contributed by atoms with E-state index in [4.69, 9.17) is 10.5 Å². The van der Waals surface area contributed by atoms with Crippen molar-refractivity contribution in [2.75, 3.05) is 6.61 Å². The van der Waals surface area contributed by atoms with Gasteiger partial charge in [-0.2, -0.15) is 0 Å². The van der Waals surface area contributed by atoms with Gasteiger partial charge >= 0.3 is 0 Å². The lowest BCUT2D eigenvalue weighted by Crippen LogP contribution is -2.31. The first kappa shape index (κ1) is 12.7. The highest BCUT2D eigenvalue weighted by atomic mass is 16.5. The van der Waals surface area contributed by atoms with Crippen molar-refractivity contribution in [1.29, 1.82) is 0 Å². The number of hydrogen-bond donors (Lipinski definition) is 1. The van der Waals surface area contributed by atoms with E-state index < -0.39 is 0 Å². The van der Waals surface area contributed by atoms with Crippen LogP contribution in [-0.2, 0) is 17.7 Å². The van der Waals surface area contributed by atoms with Crippen molar-refractivity contribution in [2.24, 2.45) is 5.73 Å². The van der Waals surface area contributed by atoms with Crippen LogP contribution in [0.2, 0.25) is 0 Å². The Hall–Kier alpha value is -0.800. The van der Waals surface area contributed by atoms with Crippen molar-refractivity contribution in [2.45, 2.75) is 58.2 Å². The molecule has 1 aromatic heterocycles. The van der Waals surface area contributed by atoms with Gasteiger partial charge in [-0.05, 0) is 51.7 Å². The van der Waals surface area contributed by atoms with Crippen LogP contribution in [0, 0.1) is 0 Å². The molecule has 1 aliphatic carbocycles. The Bertz CT molecular complexity index is 382. The normalized spacial score (nSPS) is 20.4. The van der Waals surface area contributed by atoms with Crippen LogP contribution < -0.4 is 5.73 Å². The van der Waals surface area contributed by atoms with Crippen LogP contribution in [0.4, 0.5) is 0 Å². The molecule has 3 heteroatoms. The number of nitrogens with two attached hydrogens (primary N) is 1. The van der Waals surface area contributed by atoms with E-state index in [-0.39, 0.29) is 11.6 Å². The van der Waals surface area contributed by atoms with Crippen LogP contribution in [0.3, 0.4) is 0 Å². The van der Waals surface area contributed by atoms with Crippen molar-refractivity contribution < 1.29 is 4.74 Å². The molecule has 3 nitrogen and oxygen atoms in total. The molecular weight excluding hydrogens is 212 g/mol. The molecule has 17 heavy (non-hydrogen) atoms. The third kappa shape index (κ3) is 2.72. The lowest BCUT2D eigenvalue weighted by atomic mass is 9.93. The Balaban J connectivity index is 2.17. The summed E-state index contributed by atoms with van der Waals surface area (Å²) in [6.45, 7) is 8.00. The van der Waals surface area contributed by atoms with E-state index >= 15 is 0 Å². The van der Waals surface area contributed by atoms with Gasteiger partial charge in [0.05, 0.1) is 12.1 Å². The smallest absolute Gasteiger partial charge is 0.0804 e. The van der Waals surface area contributed by atoms with E-state index in [9.17, 15) is 0 Å². The molecule has 1 atom stereocenters. The van der Waals surface area contributed by atoms with E-state index in [2.05, 4.69) is 30.7 Å². The largest absolute Gasteiger partial charge is 0.374 e. The summed E-state index contributed by atoms with van der Waals surface area (Å²) in [7, 11) is 0. The number of fused-ring (bicyclic) bond motifs is 1. The van der Waals surface area contributed by atoms with Crippen LogP contribution in [-0.4, -0.2) is 16.8 Å². The van der Waals surface area contributed by atoms with Crippen molar-refractivity contribution in [1.82, 2.24) is 4.57 Å². The van der Waals surface area contributed by atoms with Gasteiger partial charge in [-0.3, -0.25) is 0 Å². The first-order valence-corrected chi connectivity index (χ1v) is 6.61. The summed E-state index contributed by atoms with van der Waals surface area (Å²) >= 11 is 0. The molecule has 0 amide bonds. The molecule has 0 fully saturated rings. The van der Waals surface area contributed by atoms with Gasteiger partial charge in [0.2, 0.25) is 0 Å². The highest BCUT2D eigenvalue weighted by molar-refractivity contribution is 5.28. The molecule has 1 aromatic rings. The van der Waals surface area contributed by atoms with Gasteiger partial charge in [0.1, 0.15) is 0 Å². The predicted molar refractivity (Wildman–Crippen MR) is 70.0 cm³/mol. The van der Waals surface area contributed by atoms with Gasteiger partial charge in [-0.1, -0.05) is 0 Å². The predicted octanol–water partition coefficient (Wildman–Crippen LogP) is 2.64. The van der Waals surface area contributed by atoms with Crippen molar-refractivity contribution in [3.05, 3.63) is 23.5 Å². The van der Waals surface area contributed by atoms with Gasteiger partial charge < -0.3 is 15.0 Å². The minimum atomic E-state index is -0.108. The zero-order valence-electron chi connectivity index (χ0n) is 11.2. The summed E-state index contributed by atoms with van der Waals surface area (Å²) in [5.41, 5.74) is 8.78. The van der Waals surface area contributed by atoms with Gasteiger partial charge in [0.25, 0.3) is 0 Å². The van der Waals surface area contributed by atoms with Crippen LogP contribution in [0.5, 0.6) is 0 Å². The van der Waals surface area contributed by atoms with Crippen LogP contribution in [0.15, 0.2) is 12.3 Å². The molecule has 96 valence electrons. The standard InChI is InChI=1S/C14H24N2O/c1-4-17-14(2,3)10-16-9-8-11-12(15)6-5-7-13(11)16/h8-9,12H,4-7,10,15H2,1-3H3. The van der Waals surface area contributed by atoms with E-state index in [1.165, 1.54) is 17.7 Å². The number of nitrogens with zero attached hydrogens (tertiary/aromatic N) is 1. The highest BCUT2D eigenvalue weighted by Crippen LogP contribution is 2.29. The Kier molecular flexibility index (Phi) is 3.59. The second-order valence-corrected chi connectivity index (χ2v) is 5.54. The average molecular weight is 236 g/mol. The van der Waals surface area contributed by atoms with Gasteiger partial charge in [-0.15, -0.1) is 0 Å². The lowest BCUT2D eigenvalue weighted by molar-refractivity contribution is -0.0228. The fourth-order valence-electron chi connectivity index (χ4n) is 2.79. The minimum absolute atomic E-state index is 0.108.